The van der Waals surface area contributed by atoms with Gasteiger partial charge < -0.3 is 1.43 Å². The predicted molar refractivity (Wildman–Crippen MR) is 4.26 cm³/mol. The molecule has 4 nitrogen and oxygen atoms in total. The standard InChI is InChI=1S/Na.4O.2V.H/q+1;;;;;;;-1. The molecule has 0 aromatic heterocycles. The molecule has 0 spiro atoms. The van der Waals surface area contributed by atoms with Gasteiger partial charge in [0, 0.05) is 0 Å². The van der Waals surface area contributed by atoms with Gasteiger partial charge in [0.15, 0.2) is 0 Å². The Bertz CT molecular complexity index is 101. The van der Waals surface area contributed by atoms with Gasteiger partial charge in [-0.05, 0) is 0 Å². The zero-order chi connectivity index (χ0) is 4.99. The fourth-order valence-electron chi connectivity index (χ4n) is 0.0272. The first kappa shape index (κ1) is 11.3. The van der Waals surface area contributed by atoms with E-state index in [2.05, 4.69) is 2.59 Å². The van der Waals surface area contributed by atoms with Crippen molar-refractivity contribution in [1.29, 1.82) is 0 Å². The summed E-state index contributed by atoms with van der Waals surface area (Å²) in [4.78, 5) is 0. The molecule has 0 saturated carbocycles. The van der Waals surface area contributed by atoms with E-state index in [0.717, 1.165) is 0 Å². The average Bonchev–Trinajstić information content (AvgIpc) is 1.35. The van der Waals surface area contributed by atoms with Crippen LogP contribution in [0, 0.1) is 0 Å². The van der Waals surface area contributed by atoms with E-state index in [1.54, 1.807) is 0 Å². The molecular formula is HNaO4V2. The van der Waals surface area contributed by atoms with Crippen molar-refractivity contribution in [2.24, 2.45) is 0 Å². The molecule has 0 aliphatic carbocycles. The number of hydrogen-bond acceptors (Lipinski definition) is 4. The van der Waals surface area contributed by atoms with Crippen LogP contribution in [-0.4, -0.2) is 0 Å². The zero-order valence-corrected chi connectivity index (χ0v) is 8.32. The fourth-order valence-corrected chi connectivity index (χ4v) is 0.463. The molecule has 0 aromatic carbocycles. The van der Waals surface area contributed by atoms with Gasteiger partial charge in [-0.25, -0.2) is 0 Å². The van der Waals surface area contributed by atoms with E-state index in [0.29, 0.717) is 0 Å². The predicted octanol–water partition coefficient (Wildman–Crippen LogP) is -3.31. The summed E-state index contributed by atoms with van der Waals surface area (Å²) < 4.78 is 31.5. The molecule has 0 fully saturated rings. The second kappa shape index (κ2) is 7.53. The van der Waals surface area contributed by atoms with Crippen molar-refractivity contribution >= 4 is 0 Å². The average molecular weight is 190 g/mol. The van der Waals surface area contributed by atoms with Crippen molar-refractivity contribution in [3.05, 3.63) is 0 Å². The molecule has 0 aliphatic rings. The third-order valence-corrected chi connectivity index (χ3v) is 1.70. The Labute approximate surface area is 75.8 Å². The van der Waals surface area contributed by atoms with E-state index >= 15 is 0 Å². The van der Waals surface area contributed by atoms with Crippen LogP contribution in [0.2, 0.25) is 0 Å². The van der Waals surface area contributed by atoms with Crippen LogP contribution in [0.3, 0.4) is 0 Å². The molecule has 7 heavy (non-hydrogen) atoms. The SMILES string of the molecule is [H-].[Na+].[O]=[V][O][V](=[O])=[O]. The van der Waals surface area contributed by atoms with Gasteiger partial charge in [0.05, 0.1) is 0 Å². The molecule has 0 saturated heterocycles. The molecule has 0 aliphatic heterocycles. The molecular weight excluding hydrogens is 189 g/mol. The van der Waals surface area contributed by atoms with Gasteiger partial charge in [0.1, 0.15) is 0 Å². The summed E-state index contributed by atoms with van der Waals surface area (Å²) in [6, 6.07) is 0. The van der Waals surface area contributed by atoms with Crippen molar-refractivity contribution in [2.45, 2.75) is 0 Å². The van der Waals surface area contributed by atoms with Crippen molar-refractivity contribution < 1.29 is 76.6 Å². The van der Waals surface area contributed by atoms with Gasteiger partial charge >= 0.3 is 75.2 Å². The molecule has 0 atom stereocenters. The monoisotopic (exact) mass is 190 g/mol. The number of rotatable bonds is 2. The Morgan fingerprint density at radius 2 is 2.00 bits per heavy atom. The van der Waals surface area contributed by atoms with Crippen molar-refractivity contribution in [2.75, 3.05) is 0 Å². The molecule has 0 amide bonds. The van der Waals surface area contributed by atoms with Crippen LogP contribution in [0.1, 0.15) is 1.43 Å². The summed E-state index contributed by atoms with van der Waals surface area (Å²) in [7, 11) is 0. The minimum atomic E-state index is -3.49. The molecule has 0 aromatic rings. The third-order valence-electron chi connectivity index (χ3n) is 0.100. The van der Waals surface area contributed by atoms with Crippen LogP contribution in [0.5, 0.6) is 0 Å². The second-order valence-corrected chi connectivity index (χ2v) is 2.62. The van der Waals surface area contributed by atoms with Crippen LogP contribution >= 0.6 is 0 Å². The summed E-state index contributed by atoms with van der Waals surface area (Å²) in [5.74, 6) is 0. The van der Waals surface area contributed by atoms with Crippen LogP contribution < -0.4 is 29.6 Å². The Balaban J connectivity index is -0.000000125. The van der Waals surface area contributed by atoms with Crippen molar-refractivity contribution in [1.82, 2.24) is 0 Å². The van der Waals surface area contributed by atoms with E-state index < -0.39 is 32.0 Å². The van der Waals surface area contributed by atoms with Crippen LogP contribution in [-0.2, 0) is 45.6 Å². The van der Waals surface area contributed by atoms with E-state index in [1.807, 2.05) is 0 Å². The quantitative estimate of drug-likeness (QED) is 0.427. The summed E-state index contributed by atoms with van der Waals surface area (Å²) in [6.45, 7) is 0. The van der Waals surface area contributed by atoms with Gasteiger partial charge in [0.25, 0.3) is 0 Å². The van der Waals surface area contributed by atoms with E-state index in [-0.39, 0.29) is 31.0 Å². The van der Waals surface area contributed by atoms with Gasteiger partial charge in [-0.3, -0.25) is 0 Å². The van der Waals surface area contributed by atoms with E-state index in [9.17, 15) is 11.0 Å². The topological polar surface area (TPSA) is 60.4 Å². The first-order valence-corrected chi connectivity index (χ1v) is 3.76. The number of hydrogen-bond donors (Lipinski definition) is 0. The molecule has 0 bridgehead atoms. The molecule has 0 heterocycles. The van der Waals surface area contributed by atoms with Gasteiger partial charge in [-0.2, -0.15) is 0 Å². The molecule has 0 unspecified atom stereocenters. The molecule has 0 rings (SSSR count). The van der Waals surface area contributed by atoms with Crippen LogP contribution in [0.25, 0.3) is 0 Å². The summed E-state index contributed by atoms with van der Waals surface area (Å²) in [5.41, 5.74) is 0. The Morgan fingerprint density at radius 1 is 1.57 bits per heavy atom. The van der Waals surface area contributed by atoms with Gasteiger partial charge in [-0.15, -0.1) is 0 Å². The first-order valence-electron chi connectivity index (χ1n) is 0.913. The molecule has 0 radical (unpaired) electrons. The summed E-state index contributed by atoms with van der Waals surface area (Å²) in [5, 5.41) is 0. The fraction of sp³-hybridized carbons (Fsp3) is 0. The van der Waals surface area contributed by atoms with E-state index in [4.69, 9.17) is 0 Å². The molecule has 36 valence electrons. The van der Waals surface area contributed by atoms with Crippen LogP contribution in [0.4, 0.5) is 0 Å². The molecule has 0 N–H and O–H groups in total. The molecule has 7 heteroatoms. The Hall–Kier alpha value is 1.53. The Morgan fingerprint density at radius 3 is 2.00 bits per heavy atom. The normalized spacial score (nSPS) is 6.29. The van der Waals surface area contributed by atoms with Crippen molar-refractivity contribution in [3.8, 4) is 0 Å². The maximum absolute atomic E-state index is 9.32. The Kier molecular flexibility index (Phi) is 12.2. The van der Waals surface area contributed by atoms with Crippen molar-refractivity contribution in [3.63, 3.8) is 0 Å². The zero-order valence-electron chi connectivity index (χ0n) is 4.53. The van der Waals surface area contributed by atoms with Gasteiger partial charge in [0.2, 0.25) is 0 Å². The maximum atomic E-state index is 9.32. The first-order chi connectivity index (χ1) is 2.77. The summed E-state index contributed by atoms with van der Waals surface area (Å²) >= 11 is -5.12. The second-order valence-electron chi connectivity index (χ2n) is 0.380. The third kappa shape index (κ3) is 11.2. The van der Waals surface area contributed by atoms with E-state index in [1.165, 1.54) is 0 Å². The van der Waals surface area contributed by atoms with Crippen LogP contribution in [0.15, 0.2) is 0 Å². The van der Waals surface area contributed by atoms with Gasteiger partial charge in [-0.1, -0.05) is 0 Å². The minimum absolute atomic E-state index is 0. The summed E-state index contributed by atoms with van der Waals surface area (Å²) in [6.07, 6.45) is 0.